The summed E-state index contributed by atoms with van der Waals surface area (Å²) in [5, 5.41) is 0. The molecule has 1 atom stereocenters. The van der Waals surface area contributed by atoms with Gasteiger partial charge in [0.15, 0.2) is 5.79 Å². The third-order valence-electron chi connectivity index (χ3n) is 2.33. The standard InChI is InChI=1S/C9H9F13O3Si/c10-5(3-1-2-4-6(11,12)13)26(23-7(14,15)16,24-8(17,18)19)25-9(20,21)22/h5H,1-4H2. The molecule has 0 aromatic heterocycles. The predicted octanol–water partition coefficient (Wildman–Crippen LogP) is 5.53. The lowest BCUT2D eigenvalue weighted by atomic mass is 10.2. The topological polar surface area (TPSA) is 27.7 Å². The van der Waals surface area contributed by atoms with E-state index in [1.165, 1.54) is 0 Å². The van der Waals surface area contributed by atoms with Crippen LogP contribution in [0.5, 0.6) is 0 Å². The molecule has 0 amide bonds. The predicted molar refractivity (Wildman–Crippen MR) is 56.6 cm³/mol. The lowest BCUT2D eigenvalue weighted by molar-refractivity contribution is -0.370. The Hall–Kier alpha value is -0.813. The Labute approximate surface area is 137 Å². The lowest BCUT2D eigenvalue weighted by Crippen LogP contribution is -2.61. The summed E-state index contributed by atoms with van der Waals surface area (Å²) in [6.07, 6.45) is -28.6. The van der Waals surface area contributed by atoms with Gasteiger partial charge >= 0.3 is 34.1 Å². The molecule has 0 bridgehead atoms. The molecule has 0 rings (SSSR count). The Bertz CT molecular complexity index is 386. The number of hydrogen-bond donors (Lipinski definition) is 0. The van der Waals surface area contributed by atoms with E-state index in [0.29, 0.717) is 0 Å². The van der Waals surface area contributed by atoms with E-state index in [1.54, 1.807) is 0 Å². The van der Waals surface area contributed by atoms with Crippen LogP contribution in [0.3, 0.4) is 0 Å². The summed E-state index contributed by atoms with van der Waals surface area (Å²) in [7, 11) is -7.22. The molecule has 0 heterocycles. The van der Waals surface area contributed by atoms with Gasteiger partial charge in [0.1, 0.15) is 0 Å². The molecule has 0 fully saturated rings. The molecule has 0 N–H and O–H groups in total. The van der Waals surface area contributed by atoms with Gasteiger partial charge in [-0.15, -0.1) is 39.5 Å². The normalized spacial score (nSPS) is 16.0. The minimum Gasteiger partial charge on any atom is -0.282 e. The highest BCUT2D eigenvalue weighted by atomic mass is 28.4. The smallest absolute Gasteiger partial charge is 0.282 e. The van der Waals surface area contributed by atoms with Crippen molar-refractivity contribution in [3.05, 3.63) is 0 Å². The van der Waals surface area contributed by atoms with E-state index in [0.717, 1.165) is 0 Å². The van der Waals surface area contributed by atoms with Crippen molar-refractivity contribution in [2.75, 3.05) is 0 Å². The number of halogens is 13. The van der Waals surface area contributed by atoms with Crippen molar-refractivity contribution in [2.24, 2.45) is 0 Å². The van der Waals surface area contributed by atoms with Crippen LogP contribution in [0.15, 0.2) is 0 Å². The molecule has 1 unspecified atom stereocenters. The average Bonchev–Trinajstić information content (AvgIpc) is 2.25. The van der Waals surface area contributed by atoms with E-state index in [-0.39, 0.29) is 0 Å². The van der Waals surface area contributed by atoms with Gasteiger partial charge in [-0.25, -0.2) is 4.39 Å². The van der Waals surface area contributed by atoms with Crippen LogP contribution in [0, 0.1) is 0 Å². The Kier molecular flexibility index (Phi) is 8.20. The minimum absolute atomic E-state index is 0.974. The molecule has 0 aliphatic carbocycles. The van der Waals surface area contributed by atoms with Gasteiger partial charge in [0.2, 0.25) is 0 Å². The Morgan fingerprint density at radius 1 is 0.615 bits per heavy atom. The molecule has 26 heavy (non-hydrogen) atoms. The van der Waals surface area contributed by atoms with Gasteiger partial charge in [-0.05, 0) is 12.8 Å². The second kappa shape index (κ2) is 8.47. The van der Waals surface area contributed by atoms with Gasteiger partial charge in [-0.3, -0.25) is 13.3 Å². The summed E-state index contributed by atoms with van der Waals surface area (Å²) in [4.78, 5) is 0. The monoisotopic (exact) mass is 440 g/mol. The zero-order valence-electron chi connectivity index (χ0n) is 12.0. The van der Waals surface area contributed by atoms with Crippen LogP contribution in [0.4, 0.5) is 57.1 Å². The molecule has 0 aliphatic rings. The first-order chi connectivity index (χ1) is 11.2. The SMILES string of the molecule is FC(CCCCC(F)(F)F)[Si](OC(F)(F)F)(OC(F)(F)F)OC(F)(F)F. The second-order valence-electron chi connectivity index (χ2n) is 4.58. The van der Waals surface area contributed by atoms with Gasteiger partial charge in [0.05, 0.1) is 0 Å². The maximum absolute atomic E-state index is 13.8. The fourth-order valence-electron chi connectivity index (χ4n) is 1.56. The fraction of sp³-hybridized carbons (Fsp3) is 1.00. The summed E-state index contributed by atoms with van der Waals surface area (Å²) in [5.41, 5.74) is 0. The lowest BCUT2D eigenvalue weighted by Gasteiger charge is -2.33. The maximum atomic E-state index is 13.8. The molecule has 0 spiro atoms. The molecule has 17 heteroatoms. The number of hydrogen-bond acceptors (Lipinski definition) is 3. The first-order valence-electron chi connectivity index (χ1n) is 6.26. The Morgan fingerprint density at radius 3 is 1.23 bits per heavy atom. The van der Waals surface area contributed by atoms with Crippen molar-refractivity contribution in [1.82, 2.24) is 0 Å². The molecule has 0 saturated carbocycles. The summed E-state index contributed by atoms with van der Waals surface area (Å²) in [6, 6.07) is 0. The van der Waals surface area contributed by atoms with E-state index in [4.69, 9.17) is 0 Å². The Morgan fingerprint density at radius 2 is 0.962 bits per heavy atom. The highest BCUT2D eigenvalue weighted by molar-refractivity contribution is 6.62. The molecule has 0 radical (unpaired) electrons. The van der Waals surface area contributed by atoms with Crippen molar-refractivity contribution < 1.29 is 70.4 Å². The van der Waals surface area contributed by atoms with Gasteiger partial charge < -0.3 is 0 Å². The molecule has 0 aromatic rings. The summed E-state index contributed by atoms with van der Waals surface area (Å²) in [6.45, 7) is 0. The molecule has 3 nitrogen and oxygen atoms in total. The molecular weight excluding hydrogens is 431 g/mol. The van der Waals surface area contributed by atoms with Gasteiger partial charge in [0, 0.05) is 6.42 Å². The second-order valence-corrected chi connectivity index (χ2v) is 7.02. The van der Waals surface area contributed by atoms with Crippen molar-refractivity contribution >= 4 is 8.80 Å². The van der Waals surface area contributed by atoms with Crippen LogP contribution in [0.25, 0.3) is 0 Å². The zero-order chi connectivity index (χ0) is 21.0. The first-order valence-corrected chi connectivity index (χ1v) is 8.06. The van der Waals surface area contributed by atoms with Crippen LogP contribution in [-0.2, 0) is 13.3 Å². The van der Waals surface area contributed by atoms with E-state index < -0.39 is 65.5 Å². The van der Waals surface area contributed by atoms with Crippen LogP contribution in [-0.4, -0.2) is 39.9 Å². The Balaban J connectivity index is 5.47. The van der Waals surface area contributed by atoms with E-state index in [2.05, 4.69) is 13.3 Å². The summed E-state index contributed by atoms with van der Waals surface area (Å²) < 4.78 is 167. The molecule has 158 valence electrons. The third kappa shape index (κ3) is 11.7. The number of unbranched alkanes of at least 4 members (excludes halogenated alkanes) is 1. The highest BCUT2D eigenvalue weighted by Gasteiger charge is 2.66. The van der Waals surface area contributed by atoms with Crippen molar-refractivity contribution in [2.45, 2.75) is 56.7 Å². The third-order valence-corrected chi connectivity index (χ3v) is 4.93. The molecule has 0 aliphatic heterocycles. The van der Waals surface area contributed by atoms with Crippen LogP contribution >= 0.6 is 0 Å². The van der Waals surface area contributed by atoms with Gasteiger partial charge in [0.25, 0.3) is 0 Å². The zero-order valence-corrected chi connectivity index (χ0v) is 13.0. The number of rotatable bonds is 8. The van der Waals surface area contributed by atoms with Gasteiger partial charge in [-0.1, -0.05) is 6.42 Å². The van der Waals surface area contributed by atoms with E-state index in [9.17, 15) is 57.1 Å². The van der Waals surface area contributed by atoms with Crippen molar-refractivity contribution in [1.29, 1.82) is 0 Å². The fourth-order valence-corrected chi connectivity index (χ4v) is 3.60. The van der Waals surface area contributed by atoms with Crippen LogP contribution < -0.4 is 0 Å². The first kappa shape index (κ1) is 25.2. The van der Waals surface area contributed by atoms with Crippen molar-refractivity contribution in [3.8, 4) is 0 Å². The van der Waals surface area contributed by atoms with E-state index >= 15 is 0 Å². The van der Waals surface area contributed by atoms with Crippen LogP contribution in [0.1, 0.15) is 25.7 Å². The molecule has 0 saturated heterocycles. The largest absolute Gasteiger partial charge is 0.556 e. The molecular formula is C9H9F13O3Si. The van der Waals surface area contributed by atoms with Gasteiger partial charge in [-0.2, -0.15) is 13.2 Å². The highest BCUT2D eigenvalue weighted by Crippen LogP contribution is 2.38. The summed E-state index contributed by atoms with van der Waals surface area (Å²) >= 11 is 0. The maximum Gasteiger partial charge on any atom is 0.556 e. The quantitative estimate of drug-likeness (QED) is 0.282. The van der Waals surface area contributed by atoms with Crippen molar-refractivity contribution in [3.63, 3.8) is 0 Å². The average molecular weight is 440 g/mol. The summed E-state index contributed by atoms with van der Waals surface area (Å²) in [5.74, 6) is -3.76. The molecule has 0 aromatic carbocycles. The minimum atomic E-state index is -7.22. The van der Waals surface area contributed by atoms with Crippen LogP contribution in [0.2, 0.25) is 0 Å². The number of alkyl halides is 13. The van der Waals surface area contributed by atoms with E-state index in [1.807, 2.05) is 0 Å².